The zero-order chi connectivity index (χ0) is 27.5. The van der Waals surface area contributed by atoms with Crippen LogP contribution >= 0.6 is 0 Å². The van der Waals surface area contributed by atoms with E-state index in [4.69, 9.17) is 8.85 Å². The summed E-state index contributed by atoms with van der Waals surface area (Å²) >= 11 is 0. The average Bonchev–Trinajstić information content (AvgIpc) is 3.35. The predicted octanol–water partition coefficient (Wildman–Crippen LogP) is 3.99. The molecule has 0 saturated carbocycles. The first kappa shape index (κ1) is 18.6. The number of imidazole rings is 1. The van der Waals surface area contributed by atoms with E-state index in [0.717, 1.165) is 4.57 Å². The number of rotatable bonds is 1. The molecule has 176 valence electrons. The Morgan fingerprint density at radius 1 is 1.14 bits per heavy atom. The Labute approximate surface area is 211 Å². The summed E-state index contributed by atoms with van der Waals surface area (Å²) in [5.41, 5.74) is 1.28. The van der Waals surface area contributed by atoms with Gasteiger partial charge in [-0.1, -0.05) is 24.3 Å². The van der Waals surface area contributed by atoms with Gasteiger partial charge >= 0.3 is 0 Å². The molecule has 36 heavy (non-hydrogen) atoms. The summed E-state index contributed by atoms with van der Waals surface area (Å²) in [6.45, 7) is -2.65. The van der Waals surface area contributed by atoms with Crippen molar-refractivity contribution in [1.29, 1.82) is 5.26 Å². The van der Waals surface area contributed by atoms with Gasteiger partial charge in [-0.15, -0.1) is 0 Å². The number of pyridine rings is 1. The van der Waals surface area contributed by atoms with Crippen molar-refractivity contribution in [3.63, 3.8) is 0 Å². The van der Waals surface area contributed by atoms with Gasteiger partial charge in [-0.05, 0) is 58.7 Å². The summed E-state index contributed by atoms with van der Waals surface area (Å²) in [7, 11) is 1.76. The lowest BCUT2D eigenvalue weighted by atomic mass is 9.81. The topological polar surface area (TPSA) is 93.1 Å². The Kier molecular flexibility index (Phi) is 4.11. The van der Waals surface area contributed by atoms with Gasteiger partial charge in [-0.2, -0.15) is 5.26 Å². The van der Waals surface area contributed by atoms with Crippen LogP contribution in [0.4, 0.5) is 0 Å². The monoisotopic (exact) mass is 477 g/mol. The highest BCUT2D eigenvalue weighted by Gasteiger charge is 2.37. The minimum atomic E-state index is -2.72. The summed E-state index contributed by atoms with van der Waals surface area (Å²) in [6.07, 6.45) is 3.14. The molecule has 1 aliphatic rings. The summed E-state index contributed by atoms with van der Waals surface area (Å²) in [4.78, 5) is 17.4. The number of fused-ring (bicyclic) bond motifs is 6. The minimum Gasteiger partial charge on any atom is -0.489 e. The first-order valence-corrected chi connectivity index (χ1v) is 11.3. The van der Waals surface area contributed by atoms with Crippen LogP contribution in [0.2, 0.25) is 0 Å². The maximum absolute atomic E-state index is 13.1. The lowest BCUT2D eigenvalue weighted by Gasteiger charge is -2.31. The molecule has 0 unspecified atom stereocenters. The molecule has 1 N–H and O–H groups in total. The third kappa shape index (κ3) is 3.16. The molecule has 1 aliphatic heterocycles. The number of nitriles is 1. The van der Waals surface area contributed by atoms with E-state index in [0.29, 0.717) is 50.2 Å². The zero-order valence-electron chi connectivity index (χ0n) is 22.3. The number of aryl methyl sites for hydroxylation is 2. The van der Waals surface area contributed by atoms with Crippen LogP contribution in [0.15, 0.2) is 84.0 Å². The predicted molar refractivity (Wildman–Crippen MR) is 135 cm³/mol. The molecule has 2 aromatic heterocycles. The second-order valence-electron chi connectivity index (χ2n) is 8.86. The fourth-order valence-corrected chi connectivity index (χ4v) is 4.93. The highest BCUT2D eigenvalue weighted by molar-refractivity contribution is 5.95. The first-order chi connectivity index (χ1) is 18.6. The average molecular weight is 478 g/mol. The summed E-state index contributed by atoms with van der Waals surface area (Å²) in [5, 5.41) is 22.8. The molecule has 0 amide bonds. The number of hydrogen-bond donors (Lipinski definition) is 1. The molecule has 5 aromatic rings. The second kappa shape index (κ2) is 7.94. The van der Waals surface area contributed by atoms with E-state index >= 15 is 0 Å². The number of aromatic nitrogens is 3. The number of hydrogen-bond acceptors (Lipinski definition) is 5. The third-order valence-electron chi connectivity index (χ3n) is 6.80. The van der Waals surface area contributed by atoms with Crippen LogP contribution in [0.1, 0.15) is 32.1 Å². The van der Waals surface area contributed by atoms with Gasteiger partial charge in [0.05, 0.1) is 35.4 Å². The Balaban J connectivity index is 1.78. The lowest BCUT2D eigenvalue weighted by molar-refractivity contribution is 0.117. The molecular formula is C29H22N4O3. The Hall–Kier alpha value is -4.67. The molecule has 3 heterocycles. The molecule has 1 atom stereocenters. The van der Waals surface area contributed by atoms with Gasteiger partial charge in [0.15, 0.2) is 5.60 Å². The zero-order valence-corrected chi connectivity index (χ0v) is 19.3. The SMILES string of the molecule is [2H]C([2H])([2H])n1c(=O)cc2c3cc(ccc31)[C@@](O)(c1cncn1C)c1ccc(C#N)c(c1)COc1cccc-2c1. The summed E-state index contributed by atoms with van der Waals surface area (Å²) in [5.74, 6) is 0.507. The van der Waals surface area contributed by atoms with Crippen LogP contribution in [0.25, 0.3) is 22.0 Å². The van der Waals surface area contributed by atoms with Crippen LogP contribution in [0.3, 0.4) is 0 Å². The van der Waals surface area contributed by atoms with Crippen molar-refractivity contribution >= 4 is 10.9 Å². The highest BCUT2D eigenvalue weighted by atomic mass is 16.5. The lowest BCUT2D eigenvalue weighted by Crippen LogP contribution is -2.31. The maximum Gasteiger partial charge on any atom is 0.251 e. The van der Waals surface area contributed by atoms with E-state index in [1.807, 2.05) is 0 Å². The molecule has 0 aliphatic carbocycles. The first-order valence-electron chi connectivity index (χ1n) is 12.8. The van der Waals surface area contributed by atoms with Gasteiger partial charge < -0.3 is 19.0 Å². The van der Waals surface area contributed by atoms with Gasteiger partial charge in [0.25, 0.3) is 5.56 Å². The van der Waals surface area contributed by atoms with Crippen LogP contribution in [-0.2, 0) is 26.2 Å². The molecular weight excluding hydrogens is 452 g/mol. The Bertz CT molecular complexity index is 1880. The second-order valence-corrected chi connectivity index (χ2v) is 8.86. The molecule has 0 fully saturated rings. The highest BCUT2D eigenvalue weighted by Crippen LogP contribution is 2.40. The van der Waals surface area contributed by atoms with Crippen molar-refractivity contribution < 1.29 is 14.0 Å². The van der Waals surface area contributed by atoms with Crippen LogP contribution in [-0.4, -0.2) is 19.2 Å². The van der Waals surface area contributed by atoms with Crippen molar-refractivity contribution in [1.82, 2.24) is 14.1 Å². The summed E-state index contributed by atoms with van der Waals surface area (Å²) in [6, 6.07) is 20.5. The molecule has 0 spiro atoms. The van der Waals surface area contributed by atoms with Gasteiger partial charge in [-0.3, -0.25) is 4.79 Å². The quantitative estimate of drug-likeness (QED) is 0.394. The smallest absolute Gasteiger partial charge is 0.251 e. The number of benzene rings is 3. The van der Waals surface area contributed by atoms with Crippen molar-refractivity contribution in [2.45, 2.75) is 12.2 Å². The number of nitrogens with zero attached hydrogens (tertiary/aromatic N) is 4. The fraction of sp³-hybridized carbons (Fsp3) is 0.138. The molecule has 6 rings (SSSR count). The van der Waals surface area contributed by atoms with Gasteiger partial charge in [0.1, 0.15) is 12.4 Å². The van der Waals surface area contributed by atoms with E-state index in [9.17, 15) is 15.2 Å². The molecule has 0 saturated heterocycles. The van der Waals surface area contributed by atoms with Crippen molar-refractivity contribution in [3.05, 3.63) is 118 Å². The number of ether oxygens (including phenoxy) is 1. The van der Waals surface area contributed by atoms with Gasteiger partial charge in [0, 0.05) is 35.2 Å². The Morgan fingerprint density at radius 3 is 2.75 bits per heavy atom. The van der Waals surface area contributed by atoms with Crippen LogP contribution < -0.4 is 10.3 Å². The molecule has 7 nitrogen and oxygen atoms in total. The number of aliphatic hydroxyl groups is 1. The van der Waals surface area contributed by atoms with E-state index < -0.39 is 18.1 Å². The maximum atomic E-state index is 13.1. The largest absolute Gasteiger partial charge is 0.489 e. The summed E-state index contributed by atoms with van der Waals surface area (Å²) < 4.78 is 32.6. The Morgan fingerprint density at radius 2 is 1.97 bits per heavy atom. The van der Waals surface area contributed by atoms with Crippen molar-refractivity contribution in [2.24, 2.45) is 14.0 Å². The molecule has 7 heteroatoms. The molecule has 6 bridgehead atoms. The fourth-order valence-electron chi connectivity index (χ4n) is 4.93. The third-order valence-corrected chi connectivity index (χ3v) is 6.80. The standard InChI is InChI=1S/C29H22N4O3/c1-32-17-31-15-27(32)29(35)21-7-6-19(14-30)20(10-21)16-36-23-5-3-4-18(11-23)24-13-28(34)33(2)26-9-8-22(29)12-25(24)26/h3-13,15,17,35H,16H2,1-2H3/t29-/m1/s1/i2D3. The molecule has 0 radical (unpaired) electrons. The van der Waals surface area contributed by atoms with Crippen molar-refractivity contribution in [3.8, 4) is 22.9 Å². The van der Waals surface area contributed by atoms with E-state index in [1.165, 1.54) is 6.07 Å². The van der Waals surface area contributed by atoms with E-state index in [2.05, 4.69) is 11.1 Å². The van der Waals surface area contributed by atoms with E-state index in [1.54, 1.807) is 84.8 Å². The van der Waals surface area contributed by atoms with Crippen LogP contribution in [0, 0.1) is 11.3 Å². The van der Waals surface area contributed by atoms with E-state index in [-0.39, 0.29) is 12.1 Å². The minimum absolute atomic E-state index is 0.0648. The normalized spacial score (nSPS) is 18.1. The van der Waals surface area contributed by atoms with Crippen molar-refractivity contribution in [2.75, 3.05) is 0 Å². The van der Waals surface area contributed by atoms with Gasteiger partial charge in [0.2, 0.25) is 0 Å². The van der Waals surface area contributed by atoms with Gasteiger partial charge in [-0.25, -0.2) is 4.98 Å². The molecule has 3 aromatic carbocycles. The van der Waals surface area contributed by atoms with Crippen LogP contribution in [0.5, 0.6) is 5.75 Å².